The second-order valence-electron chi connectivity index (χ2n) is 2.92. The van der Waals surface area contributed by atoms with Gasteiger partial charge in [0.05, 0.1) is 11.5 Å². The van der Waals surface area contributed by atoms with Crippen molar-refractivity contribution in [3.63, 3.8) is 0 Å². The third-order valence-corrected chi connectivity index (χ3v) is 2.56. The molecule has 0 heterocycles. The Kier molecular flexibility index (Phi) is 8.52. The molecule has 0 rings (SSSR count). The molecule has 0 saturated heterocycles. The van der Waals surface area contributed by atoms with Gasteiger partial charge in [-0.2, -0.15) is 0 Å². The summed E-state index contributed by atoms with van der Waals surface area (Å²) < 4.78 is 5.51. The Hall–Kier alpha value is 0.540. The minimum atomic E-state index is 0.0550. The lowest BCUT2D eigenvalue weighted by Gasteiger charge is -2.17. The number of hydrogen-bond donors (Lipinski definition) is 0. The second kappa shape index (κ2) is 8.15. The molecule has 0 aromatic heterocycles. The minimum absolute atomic E-state index is 0.0550. The molecule has 0 aromatic carbocycles. The van der Waals surface area contributed by atoms with Gasteiger partial charge < -0.3 is 4.74 Å². The molecule has 74 valence electrons. The summed E-state index contributed by atoms with van der Waals surface area (Å²) in [4.78, 5) is 0. The first-order chi connectivity index (χ1) is 5.72. The summed E-state index contributed by atoms with van der Waals surface area (Å²) in [7, 11) is 0. The molecular formula is C9H18Cl2O. The van der Waals surface area contributed by atoms with Crippen LogP contribution in [0.25, 0.3) is 0 Å². The predicted molar refractivity (Wildman–Crippen MR) is 55.3 cm³/mol. The lowest BCUT2D eigenvalue weighted by atomic mass is 10.2. The molecule has 0 radical (unpaired) electrons. The zero-order valence-electron chi connectivity index (χ0n) is 7.85. The molecule has 0 saturated carbocycles. The van der Waals surface area contributed by atoms with Crippen LogP contribution in [0.5, 0.6) is 0 Å². The molecule has 0 aliphatic carbocycles. The van der Waals surface area contributed by atoms with Crippen molar-refractivity contribution >= 4 is 23.2 Å². The van der Waals surface area contributed by atoms with Crippen molar-refractivity contribution in [3.8, 4) is 0 Å². The van der Waals surface area contributed by atoms with E-state index in [0.717, 1.165) is 25.9 Å². The fraction of sp³-hybridized carbons (Fsp3) is 1.00. The van der Waals surface area contributed by atoms with Crippen LogP contribution in [-0.4, -0.2) is 24.0 Å². The normalized spacial score (nSPS) is 16.0. The van der Waals surface area contributed by atoms with E-state index >= 15 is 0 Å². The van der Waals surface area contributed by atoms with E-state index in [1.54, 1.807) is 0 Å². The van der Waals surface area contributed by atoms with Crippen molar-refractivity contribution in [3.05, 3.63) is 0 Å². The van der Waals surface area contributed by atoms with Gasteiger partial charge in [0.15, 0.2) is 0 Å². The van der Waals surface area contributed by atoms with Crippen molar-refractivity contribution in [1.82, 2.24) is 0 Å². The fourth-order valence-corrected chi connectivity index (χ4v) is 1.39. The van der Waals surface area contributed by atoms with E-state index in [9.17, 15) is 0 Å². The Morgan fingerprint density at radius 3 is 2.58 bits per heavy atom. The predicted octanol–water partition coefficient (Wildman–Crippen LogP) is 3.43. The van der Waals surface area contributed by atoms with Gasteiger partial charge in [-0.3, -0.25) is 0 Å². The van der Waals surface area contributed by atoms with E-state index in [-0.39, 0.29) is 11.5 Å². The third kappa shape index (κ3) is 6.10. The first kappa shape index (κ1) is 12.5. The first-order valence-corrected chi connectivity index (χ1v) is 5.51. The fourth-order valence-electron chi connectivity index (χ4n) is 0.857. The Morgan fingerprint density at radius 1 is 1.42 bits per heavy atom. The molecule has 0 amide bonds. The number of ether oxygens (including phenoxy) is 1. The van der Waals surface area contributed by atoms with Crippen molar-refractivity contribution in [2.45, 2.75) is 44.6 Å². The van der Waals surface area contributed by atoms with Gasteiger partial charge in [-0.1, -0.05) is 13.3 Å². The van der Waals surface area contributed by atoms with Crippen LogP contribution in [0.15, 0.2) is 0 Å². The summed E-state index contributed by atoms with van der Waals surface area (Å²) in [6.07, 6.45) is 3.21. The summed E-state index contributed by atoms with van der Waals surface area (Å²) >= 11 is 11.6. The Morgan fingerprint density at radius 2 is 2.08 bits per heavy atom. The number of unbranched alkanes of at least 4 members (excludes halogenated alkanes) is 1. The lowest BCUT2D eigenvalue weighted by Crippen LogP contribution is -2.22. The van der Waals surface area contributed by atoms with Crippen LogP contribution < -0.4 is 0 Å². The maximum atomic E-state index is 6.00. The third-order valence-electron chi connectivity index (χ3n) is 1.77. The molecule has 3 heteroatoms. The van der Waals surface area contributed by atoms with Gasteiger partial charge in [0.25, 0.3) is 0 Å². The molecule has 0 bridgehead atoms. The smallest absolute Gasteiger partial charge is 0.0710 e. The highest BCUT2D eigenvalue weighted by atomic mass is 35.5. The van der Waals surface area contributed by atoms with Crippen molar-refractivity contribution < 1.29 is 4.74 Å². The first-order valence-electron chi connectivity index (χ1n) is 4.54. The van der Waals surface area contributed by atoms with Crippen molar-refractivity contribution in [2.75, 3.05) is 12.5 Å². The molecule has 2 unspecified atom stereocenters. The number of hydrogen-bond acceptors (Lipinski definition) is 1. The Labute approximate surface area is 85.4 Å². The van der Waals surface area contributed by atoms with E-state index in [2.05, 4.69) is 6.92 Å². The van der Waals surface area contributed by atoms with Gasteiger partial charge in [-0.05, 0) is 19.8 Å². The van der Waals surface area contributed by atoms with Crippen LogP contribution in [0.2, 0.25) is 0 Å². The molecule has 0 N–H and O–H groups in total. The highest BCUT2D eigenvalue weighted by Gasteiger charge is 2.13. The van der Waals surface area contributed by atoms with Crippen molar-refractivity contribution in [2.24, 2.45) is 0 Å². The lowest BCUT2D eigenvalue weighted by molar-refractivity contribution is 0.0606. The largest absolute Gasteiger partial charge is 0.377 e. The van der Waals surface area contributed by atoms with Crippen LogP contribution >= 0.6 is 23.2 Å². The topological polar surface area (TPSA) is 9.23 Å². The van der Waals surface area contributed by atoms with E-state index in [1.807, 2.05) is 6.92 Å². The van der Waals surface area contributed by atoms with E-state index < -0.39 is 0 Å². The molecule has 0 spiro atoms. The summed E-state index contributed by atoms with van der Waals surface area (Å²) in [5, 5.41) is 0.0550. The summed E-state index contributed by atoms with van der Waals surface area (Å²) in [6, 6.07) is 0. The highest BCUT2D eigenvalue weighted by Crippen LogP contribution is 2.12. The highest BCUT2D eigenvalue weighted by molar-refractivity contribution is 6.22. The summed E-state index contributed by atoms with van der Waals surface area (Å²) in [5.41, 5.74) is 0. The standard InChI is InChI=1S/C9H18Cl2O/c1-3-4-7-12-8(2)9(11)5-6-10/h8-9H,3-7H2,1-2H3. The van der Waals surface area contributed by atoms with Crippen LogP contribution in [-0.2, 0) is 4.74 Å². The zero-order chi connectivity index (χ0) is 9.40. The molecule has 0 fully saturated rings. The van der Waals surface area contributed by atoms with Gasteiger partial charge in [0.2, 0.25) is 0 Å². The Balaban J connectivity index is 3.35. The molecule has 0 aliphatic rings. The molecule has 0 aromatic rings. The molecule has 1 nitrogen and oxygen atoms in total. The molecule has 12 heavy (non-hydrogen) atoms. The Bertz CT molecular complexity index is 98.5. The maximum absolute atomic E-state index is 6.00. The minimum Gasteiger partial charge on any atom is -0.377 e. The second-order valence-corrected chi connectivity index (χ2v) is 3.86. The van der Waals surface area contributed by atoms with Crippen molar-refractivity contribution in [1.29, 1.82) is 0 Å². The average molecular weight is 213 g/mol. The quantitative estimate of drug-likeness (QED) is 0.465. The zero-order valence-corrected chi connectivity index (χ0v) is 9.37. The van der Waals surface area contributed by atoms with Crippen LogP contribution in [0, 0.1) is 0 Å². The molecular weight excluding hydrogens is 195 g/mol. The average Bonchev–Trinajstić information content (AvgIpc) is 2.05. The van der Waals surface area contributed by atoms with Crippen LogP contribution in [0.3, 0.4) is 0 Å². The number of halogens is 2. The van der Waals surface area contributed by atoms with Gasteiger partial charge in [0, 0.05) is 12.5 Å². The maximum Gasteiger partial charge on any atom is 0.0710 e. The molecule has 2 atom stereocenters. The van der Waals surface area contributed by atoms with Gasteiger partial charge in [0.1, 0.15) is 0 Å². The van der Waals surface area contributed by atoms with Crippen LogP contribution in [0.4, 0.5) is 0 Å². The molecule has 0 aliphatic heterocycles. The number of rotatable bonds is 7. The SMILES string of the molecule is CCCCOC(C)C(Cl)CCCl. The summed E-state index contributed by atoms with van der Waals surface area (Å²) in [5.74, 6) is 0.607. The summed E-state index contributed by atoms with van der Waals surface area (Å²) in [6.45, 7) is 4.95. The van der Waals surface area contributed by atoms with Gasteiger partial charge in [-0.15, -0.1) is 23.2 Å². The monoisotopic (exact) mass is 212 g/mol. The van der Waals surface area contributed by atoms with Gasteiger partial charge >= 0.3 is 0 Å². The van der Waals surface area contributed by atoms with Gasteiger partial charge in [-0.25, -0.2) is 0 Å². The van der Waals surface area contributed by atoms with Crippen LogP contribution in [0.1, 0.15) is 33.1 Å². The van der Waals surface area contributed by atoms with E-state index in [0.29, 0.717) is 5.88 Å². The number of alkyl halides is 2. The van der Waals surface area contributed by atoms with E-state index in [1.165, 1.54) is 0 Å². The van der Waals surface area contributed by atoms with E-state index in [4.69, 9.17) is 27.9 Å².